The van der Waals surface area contributed by atoms with Gasteiger partial charge in [-0.05, 0) is 66.4 Å². The van der Waals surface area contributed by atoms with E-state index in [9.17, 15) is 8.42 Å². The highest BCUT2D eigenvalue weighted by molar-refractivity contribution is 7.90. The predicted molar refractivity (Wildman–Crippen MR) is 133 cm³/mol. The minimum Gasteiger partial charge on any atom is -0.369 e. The van der Waals surface area contributed by atoms with Crippen LogP contribution in [0.1, 0.15) is 42.4 Å². The van der Waals surface area contributed by atoms with E-state index in [4.69, 9.17) is 0 Å². The van der Waals surface area contributed by atoms with E-state index >= 15 is 0 Å². The van der Waals surface area contributed by atoms with E-state index < -0.39 is 9.84 Å². The van der Waals surface area contributed by atoms with Crippen LogP contribution in [0.5, 0.6) is 0 Å². The molecule has 34 heavy (non-hydrogen) atoms. The third kappa shape index (κ3) is 5.15. The Bertz CT molecular complexity index is 1230. The Balaban J connectivity index is 1.53. The Kier molecular flexibility index (Phi) is 7.04. The van der Waals surface area contributed by atoms with Crippen LogP contribution in [-0.2, 0) is 15.7 Å². The van der Waals surface area contributed by atoms with Crippen molar-refractivity contribution in [3.8, 4) is 0 Å². The lowest BCUT2D eigenvalue weighted by Gasteiger charge is -2.41. The standard InChI is InChI=1S/C25H34N6O2S/c1-18(2)24(30-14-12-29(13-15-30)23-16-20(4)6-9-21(23)5)25-26-27-28-31(25)17-34(32,33)22-10-7-19(3)8-11-22/h6-11,16,18,24H,12-15,17H2,1-5H3/t24-/m0/s1. The van der Waals surface area contributed by atoms with Gasteiger partial charge in [0.25, 0.3) is 0 Å². The molecule has 3 aromatic rings. The van der Waals surface area contributed by atoms with Crippen LogP contribution in [0.15, 0.2) is 47.4 Å². The van der Waals surface area contributed by atoms with E-state index in [1.54, 1.807) is 24.3 Å². The maximum Gasteiger partial charge on any atom is 0.198 e. The molecule has 0 bridgehead atoms. The van der Waals surface area contributed by atoms with E-state index in [2.05, 4.69) is 71.2 Å². The van der Waals surface area contributed by atoms with Gasteiger partial charge in [-0.15, -0.1) is 5.10 Å². The Morgan fingerprint density at radius 3 is 2.21 bits per heavy atom. The van der Waals surface area contributed by atoms with E-state index in [1.165, 1.54) is 21.5 Å². The van der Waals surface area contributed by atoms with Crippen LogP contribution >= 0.6 is 0 Å². The summed E-state index contributed by atoms with van der Waals surface area (Å²) in [4.78, 5) is 5.09. The van der Waals surface area contributed by atoms with E-state index in [1.807, 2.05) is 6.92 Å². The second-order valence-electron chi connectivity index (χ2n) is 9.60. The maximum absolute atomic E-state index is 13.1. The fourth-order valence-corrected chi connectivity index (χ4v) is 5.89. The molecule has 1 aliphatic rings. The molecule has 0 amide bonds. The summed E-state index contributed by atoms with van der Waals surface area (Å²) in [6, 6.07) is 13.4. The highest BCUT2D eigenvalue weighted by Crippen LogP contribution is 2.30. The number of nitrogens with zero attached hydrogens (tertiary/aromatic N) is 6. The molecule has 0 spiro atoms. The molecule has 0 saturated carbocycles. The molecule has 1 saturated heterocycles. The molecule has 0 aliphatic carbocycles. The number of tetrazole rings is 1. The van der Waals surface area contributed by atoms with Gasteiger partial charge in [0.2, 0.25) is 0 Å². The highest BCUT2D eigenvalue weighted by Gasteiger charge is 2.33. The first-order valence-corrected chi connectivity index (χ1v) is 13.4. The summed E-state index contributed by atoms with van der Waals surface area (Å²) in [5.41, 5.74) is 4.85. The van der Waals surface area contributed by atoms with Gasteiger partial charge < -0.3 is 4.90 Å². The van der Waals surface area contributed by atoms with Crippen molar-refractivity contribution in [2.45, 2.75) is 51.4 Å². The first kappa shape index (κ1) is 24.3. The summed E-state index contributed by atoms with van der Waals surface area (Å²) in [7, 11) is -3.57. The zero-order valence-electron chi connectivity index (χ0n) is 20.6. The first-order chi connectivity index (χ1) is 16.2. The van der Waals surface area contributed by atoms with Gasteiger partial charge in [0, 0.05) is 31.9 Å². The Morgan fingerprint density at radius 2 is 1.56 bits per heavy atom. The highest BCUT2D eigenvalue weighted by atomic mass is 32.2. The fourth-order valence-electron chi connectivity index (χ4n) is 4.68. The van der Waals surface area contributed by atoms with Gasteiger partial charge >= 0.3 is 0 Å². The van der Waals surface area contributed by atoms with Crippen LogP contribution in [0.3, 0.4) is 0 Å². The molecule has 0 radical (unpaired) electrons. The van der Waals surface area contributed by atoms with E-state index in [-0.39, 0.29) is 22.7 Å². The SMILES string of the molecule is Cc1ccc(S(=O)(=O)Cn2nnnc2[C@H](C(C)C)N2CCN(c3cc(C)ccc3C)CC2)cc1. The largest absolute Gasteiger partial charge is 0.369 e. The lowest BCUT2D eigenvalue weighted by Crippen LogP contribution is -2.49. The normalized spacial score (nSPS) is 16.2. The van der Waals surface area contributed by atoms with Crippen molar-refractivity contribution in [2.75, 3.05) is 31.1 Å². The number of hydrogen-bond acceptors (Lipinski definition) is 7. The zero-order valence-corrected chi connectivity index (χ0v) is 21.5. The number of hydrogen-bond donors (Lipinski definition) is 0. The van der Waals surface area contributed by atoms with Crippen LogP contribution in [0, 0.1) is 26.7 Å². The Labute approximate surface area is 202 Å². The molecule has 1 aromatic heterocycles. The van der Waals surface area contributed by atoms with E-state index in [0.29, 0.717) is 5.82 Å². The minimum atomic E-state index is -3.57. The number of rotatable bonds is 7. The lowest BCUT2D eigenvalue weighted by molar-refractivity contribution is 0.135. The zero-order chi connectivity index (χ0) is 24.5. The average Bonchev–Trinajstić information content (AvgIpc) is 3.23. The number of anilines is 1. The molecule has 8 nitrogen and oxygen atoms in total. The number of benzene rings is 2. The van der Waals surface area contributed by atoms with Crippen molar-refractivity contribution in [3.63, 3.8) is 0 Å². The third-order valence-electron chi connectivity index (χ3n) is 6.54. The Hall–Kier alpha value is -2.78. The lowest BCUT2D eigenvalue weighted by atomic mass is 10.0. The molecule has 0 N–H and O–H groups in total. The summed E-state index contributed by atoms with van der Waals surface area (Å²) in [5.74, 6) is 0.550. The van der Waals surface area contributed by atoms with Crippen LogP contribution in [0.25, 0.3) is 0 Å². The second kappa shape index (κ2) is 9.84. The Morgan fingerprint density at radius 1 is 0.912 bits per heavy atom. The summed E-state index contributed by atoms with van der Waals surface area (Å²) >= 11 is 0. The smallest absolute Gasteiger partial charge is 0.198 e. The summed E-state index contributed by atoms with van der Waals surface area (Å²) in [6.07, 6.45) is 0. The van der Waals surface area contributed by atoms with Gasteiger partial charge in [-0.3, -0.25) is 4.90 Å². The second-order valence-corrected chi connectivity index (χ2v) is 11.6. The molecule has 182 valence electrons. The molecule has 1 fully saturated rings. The molecular weight excluding hydrogens is 448 g/mol. The monoisotopic (exact) mass is 482 g/mol. The quantitative estimate of drug-likeness (QED) is 0.509. The summed E-state index contributed by atoms with van der Waals surface area (Å²) in [5, 5.41) is 12.2. The van der Waals surface area contributed by atoms with Crippen molar-refractivity contribution in [1.82, 2.24) is 25.1 Å². The maximum atomic E-state index is 13.1. The van der Waals surface area contributed by atoms with Crippen LogP contribution < -0.4 is 4.90 Å². The van der Waals surface area contributed by atoms with Crippen molar-refractivity contribution >= 4 is 15.5 Å². The number of aryl methyl sites for hydroxylation is 3. The topological polar surface area (TPSA) is 84.2 Å². The molecule has 4 rings (SSSR count). The van der Waals surface area contributed by atoms with E-state index in [0.717, 1.165) is 31.7 Å². The summed E-state index contributed by atoms with van der Waals surface area (Å²) in [6.45, 7) is 14.0. The van der Waals surface area contributed by atoms with Crippen molar-refractivity contribution in [3.05, 3.63) is 65.0 Å². The molecule has 9 heteroatoms. The van der Waals surface area contributed by atoms with Gasteiger partial charge in [0.05, 0.1) is 10.9 Å². The minimum absolute atomic E-state index is 0.0658. The van der Waals surface area contributed by atoms with Crippen LogP contribution in [0.4, 0.5) is 5.69 Å². The van der Waals surface area contributed by atoms with Gasteiger partial charge in [0.1, 0.15) is 0 Å². The number of sulfone groups is 1. The first-order valence-electron chi connectivity index (χ1n) is 11.8. The summed E-state index contributed by atoms with van der Waals surface area (Å²) < 4.78 is 27.6. The van der Waals surface area contributed by atoms with Gasteiger partial charge in [-0.1, -0.05) is 43.7 Å². The average molecular weight is 483 g/mol. The van der Waals surface area contributed by atoms with Crippen LogP contribution in [0.2, 0.25) is 0 Å². The number of aromatic nitrogens is 4. The van der Waals surface area contributed by atoms with Crippen molar-refractivity contribution in [2.24, 2.45) is 5.92 Å². The number of piperazine rings is 1. The fraction of sp³-hybridized carbons (Fsp3) is 0.480. The molecule has 1 atom stereocenters. The molecular formula is C25H34N6O2S. The third-order valence-corrected chi connectivity index (χ3v) is 8.12. The molecule has 2 heterocycles. The predicted octanol–water partition coefficient (Wildman–Crippen LogP) is 3.55. The van der Waals surface area contributed by atoms with Gasteiger partial charge in [-0.25, -0.2) is 13.1 Å². The van der Waals surface area contributed by atoms with Gasteiger partial charge in [-0.2, -0.15) is 0 Å². The molecule has 1 aliphatic heterocycles. The van der Waals surface area contributed by atoms with Crippen molar-refractivity contribution < 1.29 is 8.42 Å². The molecule has 0 unspecified atom stereocenters. The van der Waals surface area contributed by atoms with Crippen molar-refractivity contribution in [1.29, 1.82) is 0 Å². The molecule has 2 aromatic carbocycles. The van der Waals surface area contributed by atoms with Gasteiger partial charge in [0.15, 0.2) is 21.5 Å². The van der Waals surface area contributed by atoms with Crippen LogP contribution in [-0.4, -0.2) is 59.7 Å².